The second-order valence-electron chi connectivity index (χ2n) is 3.51. The van der Waals surface area contributed by atoms with Crippen molar-refractivity contribution in [1.82, 2.24) is 0 Å². The van der Waals surface area contributed by atoms with Crippen LogP contribution in [-0.4, -0.2) is 35.0 Å². The van der Waals surface area contributed by atoms with Crippen LogP contribution < -0.4 is 19.9 Å². The smallest absolute Gasteiger partial charge is 0.164 e. The topological polar surface area (TPSA) is 62.9 Å². The molecule has 0 aliphatic carbocycles. The minimum Gasteiger partial charge on any atom is -0.496 e. The van der Waals surface area contributed by atoms with Crippen LogP contribution in [0.15, 0.2) is 12.1 Å². The van der Waals surface area contributed by atoms with E-state index in [1.807, 2.05) is 0 Å². The van der Waals surface area contributed by atoms with Crippen LogP contribution in [0.4, 0.5) is 0 Å². The second kappa shape index (κ2) is 6.32. The molecule has 0 fully saturated rings. The Balaban J connectivity index is 3.18. The van der Waals surface area contributed by atoms with Gasteiger partial charge < -0.3 is 24.7 Å². The molecule has 0 saturated carbocycles. The normalized spacial score (nSPS) is 12.1. The van der Waals surface area contributed by atoms with Crippen LogP contribution in [0.2, 0.25) is 0 Å². The molecule has 0 amide bonds. The van der Waals surface area contributed by atoms with Crippen LogP contribution in [0.25, 0.3) is 0 Å². The molecular weight excluding hydrogens is 222 g/mol. The summed E-state index contributed by atoms with van der Waals surface area (Å²) < 4.78 is 20.7. The fraction of sp³-hybridized carbons (Fsp3) is 0.500. The highest BCUT2D eigenvalue weighted by Crippen LogP contribution is 2.36. The van der Waals surface area contributed by atoms with Crippen molar-refractivity contribution >= 4 is 0 Å². The number of rotatable bonds is 6. The van der Waals surface area contributed by atoms with Gasteiger partial charge in [0, 0.05) is 18.7 Å². The van der Waals surface area contributed by atoms with Gasteiger partial charge >= 0.3 is 0 Å². The fourth-order valence-electron chi connectivity index (χ4n) is 1.61. The maximum absolute atomic E-state index is 6.00. The summed E-state index contributed by atoms with van der Waals surface area (Å²) in [5.41, 5.74) is 6.82. The van der Waals surface area contributed by atoms with E-state index in [0.29, 0.717) is 23.9 Å². The molecule has 96 valence electrons. The van der Waals surface area contributed by atoms with Crippen LogP contribution >= 0.6 is 0 Å². The van der Waals surface area contributed by atoms with E-state index in [4.69, 9.17) is 24.7 Å². The summed E-state index contributed by atoms with van der Waals surface area (Å²) in [5.74, 6) is 1.89. The van der Waals surface area contributed by atoms with E-state index in [1.165, 1.54) is 0 Å². The molecule has 0 radical (unpaired) electrons. The summed E-state index contributed by atoms with van der Waals surface area (Å²) in [5, 5.41) is 0. The third-order valence-electron chi connectivity index (χ3n) is 2.48. The number of hydrogen-bond donors (Lipinski definition) is 1. The average molecular weight is 241 g/mol. The zero-order valence-electron chi connectivity index (χ0n) is 10.6. The van der Waals surface area contributed by atoms with Crippen molar-refractivity contribution in [3.63, 3.8) is 0 Å². The monoisotopic (exact) mass is 241 g/mol. The number of benzene rings is 1. The minimum atomic E-state index is -0.269. The van der Waals surface area contributed by atoms with Gasteiger partial charge in [-0.25, -0.2) is 0 Å². The molecule has 0 aromatic heterocycles. The van der Waals surface area contributed by atoms with E-state index in [9.17, 15) is 0 Å². The highest BCUT2D eigenvalue weighted by atomic mass is 16.5. The Morgan fingerprint density at radius 3 is 1.94 bits per heavy atom. The zero-order chi connectivity index (χ0) is 12.8. The first-order valence-corrected chi connectivity index (χ1v) is 5.22. The van der Waals surface area contributed by atoms with Gasteiger partial charge in [0.1, 0.15) is 5.75 Å². The third-order valence-corrected chi connectivity index (χ3v) is 2.48. The summed E-state index contributed by atoms with van der Waals surface area (Å²) in [4.78, 5) is 0. The van der Waals surface area contributed by atoms with Gasteiger partial charge in [-0.2, -0.15) is 0 Å². The van der Waals surface area contributed by atoms with E-state index in [0.717, 1.165) is 5.56 Å². The van der Waals surface area contributed by atoms with Crippen molar-refractivity contribution in [2.45, 2.75) is 6.04 Å². The maximum Gasteiger partial charge on any atom is 0.164 e. The Bertz CT molecular complexity index is 368. The number of methoxy groups -OCH3 is 4. The largest absolute Gasteiger partial charge is 0.496 e. The Morgan fingerprint density at radius 2 is 1.47 bits per heavy atom. The Hall–Kier alpha value is -1.46. The van der Waals surface area contributed by atoms with E-state index in [-0.39, 0.29) is 6.04 Å². The Labute approximate surface area is 101 Å². The molecule has 1 aromatic rings. The Kier molecular flexibility index (Phi) is 5.06. The summed E-state index contributed by atoms with van der Waals surface area (Å²) in [6.07, 6.45) is 0. The molecule has 0 aliphatic rings. The van der Waals surface area contributed by atoms with E-state index < -0.39 is 0 Å². The molecule has 0 spiro atoms. The molecule has 5 nitrogen and oxygen atoms in total. The van der Waals surface area contributed by atoms with Crippen LogP contribution in [-0.2, 0) is 4.74 Å². The lowest BCUT2D eigenvalue weighted by molar-refractivity contribution is 0.179. The maximum atomic E-state index is 6.00. The zero-order valence-corrected chi connectivity index (χ0v) is 10.6. The lowest BCUT2D eigenvalue weighted by atomic mass is 10.1. The molecule has 1 rings (SSSR count). The molecule has 1 unspecified atom stereocenters. The number of nitrogens with two attached hydrogens (primary N) is 1. The molecule has 17 heavy (non-hydrogen) atoms. The quantitative estimate of drug-likeness (QED) is 0.814. The standard InChI is InChI=1S/C12H19NO4/c1-14-7-9(13)8-5-11(16-3)12(17-4)6-10(8)15-2/h5-6,9H,7,13H2,1-4H3. The first-order valence-electron chi connectivity index (χ1n) is 5.22. The molecule has 0 saturated heterocycles. The van der Waals surface area contributed by atoms with Gasteiger partial charge in [-0.05, 0) is 6.07 Å². The molecule has 1 atom stereocenters. The molecule has 1 aromatic carbocycles. The van der Waals surface area contributed by atoms with Crippen LogP contribution in [0.3, 0.4) is 0 Å². The van der Waals surface area contributed by atoms with Gasteiger partial charge in [-0.1, -0.05) is 0 Å². The van der Waals surface area contributed by atoms with Gasteiger partial charge in [0.05, 0.1) is 34.0 Å². The number of hydrogen-bond acceptors (Lipinski definition) is 5. The molecule has 5 heteroatoms. The summed E-state index contributed by atoms with van der Waals surface area (Å²) in [6.45, 7) is 0.409. The fourth-order valence-corrected chi connectivity index (χ4v) is 1.61. The lowest BCUT2D eigenvalue weighted by Crippen LogP contribution is -2.17. The molecule has 0 aliphatic heterocycles. The molecule has 0 bridgehead atoms. The van der Waals surface area contributed by atoms with Crippen molar-refractivity contribution < 1.29 is 18.9 Å². The van der Waals surface area contributed by atoms with Crippen LogP contribution in [0.5, 0.6) is 17.2 Å². The highest BCUT2D eigenvalue weighted by molar-refractivity contribution is 5.51. The van der Waals surface area contributed by atoms with E-state index >= 15 is 0 Å². The van der Waals surface area contributed by atoms with Crippen LogP contribution in [0, 0.1) is 0 Å². The third kappa shape index (κ3) is 3.01. The first kappa shape index (κ1) is 13.6. The minimum absolute atomic E-state index is 0.269. The van der Waals surface area contributed by atoms with Gasteiger partial charge in [0.15, 0.2) is 11.5 Å². The Morgan fingerprint density at radius 1 is 0.941 bits per heavy atom. The summed E-state index contributed by atoms with van der Waals surface area (Å²) >= 11 is 0. The summed E-state index contributed by atoms with van der Waals surface area (Å²) in [6, 6.07) is 3.29. The van der Waals surface area contributed by atoms with Crippen molar-refractivity contribution in [3.8, 4) is 17.2 Å². The van der Waals surface area contributed by atoms with Gasteiger partial charge in [-0.3, -0.25) is 0 Å². The summed E-state index contributed by atoms with van der Waals surface area (Å²) in [7, 11) is 6.35. The van der Waals surface area contributed by atoms with Crippen molar-refractivity contribution in [3.05, 3.63) is 17.7 Å². The van der Waals surface area contributed by atoms with E-state index in [1.54, 1.807) is 40.6 Å². The van der Waals surface area contributed by atoms with E-state index in [2.05, 4.69) is 0 Å². The first-order chi connectivity index (χ1) is 8.17. The highest BCUT2D eigenvalue weighted by Gasteiger charge is 2.16. The average Bonchev–Trinajstić information content (AvgIpc) is 2.37. The predicted molar refractivity (Wildman–Crippen MR) is 64.9 cm³/mol. The van der Waals surface area contributed by atoms with Gasteiger partial charge in [-0.15, -0.1) is 0 Å². The van der Waals surface area contributed by atoms with Crippen molar-refractivity contribution in [1.29, 1.82) is 0 Å². The van der Waals surface area contributed by atoms with Crippen molar-refractivity contribution in [2.75, 3.05) is 35.0 Å². The van der Waals surface area contributed by atoms with Gasteiger partial charge in [0.2, 0.25) is 0 Å². The molecule has 2 N–H and O–H groups in total. The van der Waals surface area contributed by atoms with Gasteiger partial charge in [0.25, 0.3) is 0 Å². The second-order valence-corrected chi connectivity index (χ2v) is 3.51. The predicted octanol–water partition coefficient (Wildman–Crippen LogP) is 1.36. The molecule has 0 heterocycles. The van der Waals surface area contributed by atoms with Crippen LogP contribution in [0.1, 0.15) is 11.6 Å². The lowest BCUT2D eigenvalue weighted by Gasteiger charge is -2.18. The SMILES string of the molecule is COCC(N)c1cc(OC)c(OC)cc1OC. The number of ether oxygens (including phenoxy) is 4. The van der Waals surface area contributed by atoms with Crippen molar-refractivity contribution in [2.24, 2.45) is 5.73 Å². The molecular formula is C12H19NO4.